The van der Waals surface area contributed by atoms with Crippen molar-refractivity contribution in [2.75, 3.05) is 6.61 Å². The van der Waals surface area contributed by atoms with Crippen molar-refractivity contribution in [3.63, 3.8) is 0 Å². The highest BCUT2D eigenvalue weighted by atomic mass is 32.2. The maximum atomic E-state index is 13.5. The summed E-state index contributed by atoms with van der Waals surface area (Å²) in [4.78, 5) is -0.755. The van der Waals surface area contributed by atoms with Crippen LogP contribution in [0.3, 0.4) is 0 Å². The van der Waals surface area contributed by atoms with Crippen LogP contribution >= 0.6 is 0 Å². The third-order valence-electron chi connectivity index (χ3n) is 2.50. The Kier molecular flexibility index (Phi) is 5.39. The first-order valence-electron chi connectivity index (χ1n) is 5.85. The lowest BCUT2D eigenvalue weighted by molar-refractivity contribution is 0.240. The Balaban J connectivity index is 3.01. The number of sulfonamides is 1. The molecular weight excluding hydrogens is 276 g/mol. The van der Waals surface area contributed by atoms with Crippen molar-refractivity contribution < 1.29 is 22.3 Å². The maximum Gasteiger partial charge on any atom is 0.243 e. The Morgan fingerprint density at radius 3 is 2.47 bits per heavy atom. The number of hydrogen-bond donors (Lipinski definition) is 2. The maximum absolute atomic E-state index is 13.5. The van der Waals surface area contributed by atoms with E-state index in [0.29, 0.717) is 6.42 Å². The van der Waals surface area contributed by atoms with E-state index >= 15 is 0 Å². The average Bonchev–Trinajstić information content (AvgIpc) is 2.30. The summed E-state index contributed by atoms with van der Waals surface area (Å²) in [6.07, 6.45) is 0.396. The van der Waals surface area contributed by atoms with Crippen molar-refractivity contribution in [1.29, 1.82) is 0 Å². The number of rotatable bonds is 6. The lowest BCUT2D eigenvalue weighted by atomic mass is 10.1. The smallest absolute Gasteiger partial charge is 0.243 e. The lowest BCUT2D eigenvalue weighted by Gasteiger charge is -2.18. The second-order valence-electron chi connectivity index (χ2n) is 4.68. The standard InChI is InChI=1S/C12H17F2NO3S/c1-8(2)6-9(7-16)15-19(17,18)11-5-3-4-10(13)12(11)14/h3-5,8-9,15-16H,6-7H2,1-2H3. The van der Waals surface area contributed by atoms with E-state index in [1.165, 1.54) is 0 Å². The highest BCUT2D eigenvalue weighted by Crippen LogP contribution is 2.18. The molecule has 0 heterocycles. The van der Waals surface area contributed by atoms with Crippen LogP contribution in [0.4, 0.5) is 8.78 Å². The van der Waals surface area contributed by atoms with Gasteiger partial charge in [-0.2, -0.15) is 0 Å². The van der Waals surface area contributed by atoms with Gasteiger partial charge < -0.3 is 5.11 Å². The van der Waals surface area contributed by atoms with Gasteiger partial charge in [0.25, 0.3) is 0 Å². The molecule has 0 fully saturated rings. The fraction of sp³-hybridized carbons (Fsp3) is 0.500. The van der Waals surface area contributed by atoms with Crippen molar-refractivity contribution in [1.82, 2.24) is 4.72 Å². The zero-order valence-corrected chi connectivity index (χ0v) is 11.5. The SMILES string of the molecule is CC(C)CC(CO)NS(=O)(=O)c1cccc(F)c1F. The Morgan fingerprint density at radius 1 is 1.32 bits per heavy atom. The molecule has 1 atom stereocenters. The summed E-state index contributed by atoms with van der Waals surface area (Å²) in [7, 11) is -4.20. The number of aliphatic hydroxyl groups excluding tert-OH is 1. The fourth-order valence-corrected chi connectivity index (χ4v) is 3.03. The van der Waals surface area contributed by atoms with Gasteiger partial charge >= 0.3 is 0 Å². The molecule has 0 aromatic heterocycles. The van der Waals surface area contributed by atoms with Gasteiger partial charge in [-0.1, -0.05) is 19.9 Å². The molecule has 0 aliphatic carbocycles. The number of nitrogens with one attached hydrogen (secondary N) is 1. The third-order valence-corrected chi connectivity index (χ3v) is 4.04. The minimum Gasteiger partial charge on any atom is -0.395 e. The number of benzene rings is 1. The van der Waals surface area contributed by atoms with E-state index in [1.807, 2.05) is 13.8 Å². The minimum atomic E-state index is -4.20. The predicted octanol–water partition coefficient (Wildman–Crippen LogP) is 1.65. The van der Waals surface area contributed by atoms with Crippen molar-refractivity contribution in [2.45, 2.75) is 31.2 Å². The Labute approximate surface area is 111 Å². The molecule has 0 aliphatic rings. The molecule has 2 N–H and O–H groups in total. The molecule has 1 rings (SSSR count). The first kappa shape index (κ1) is 16.0. The van der Waals surface area contributed by atoms with Gasteiger partial charge in [-0.15, -0.1) is 0 Å². The molecule has 1 aromatic carbocycles. The average molecular weight is 293 g/mol. The quantitative estimate of drug-likeness (QED) is 0.838. The van der Waals surface area contributed by atoms with Crippen molar-refractivity contribution in [3.8, 4) is 0 Å². The molecular formula is C12H17F2NO3S. The topological polar surface area (TPSA) is 66.4 Å². The summed E-state index contributed by atoms with van der Waals surface area (Å²) in [6.45, 7) is 3.31. The molecule has 0 saturated heterocycles. The molecule has 4 nitrogen and oxygen atoms in total. The number of aliphatic hydroxyl groups is 1. The van der Waals surface area contributed by atoms with Gasteiger partial charge in [0.1, 0.15) is 4.90 Å². The normalized spacial score (nSPS) is 13.8. The van der Waals surface area contributed by atoms with Crippen LogP contribution in [-0.4, -0.2) is 26.2 Å². The van der Waals surface area contributed by atoms with Gasteiger partial charge in [0, 0.05) is 6.04 Å². The van der Waals surface area contributed by atoms with Gasteiger partial charge in [-0.25, -0.2) is 21.9 Å². The van der Waals surface area contributed by atoms with Gasteiger partial charge in [0.2, 0.25) is 10.0 Å². The van der Waals surface area contributed by atoms with Crippen molar-refractivity contribution in [3.05, 3.63) is 29.8 Å². The van der Waals surface area contributed by atoms with E-state index in [0.717, 1.165) is 18.2 Å². The van der Waals surface area contributed by atoms with Crippen LogP contribution in [0.25, 0.3) is 0 Å². The molecule has 1 aromatic rings. The third kappa shape index (κ3) is 4.22. The van der Waals surface area contributed by atoms with Crippen molar-refractivity contribution in [2.24, 2.45) is 5.92 Å². The van der Waals surface area contributed by atoms with Gasteiger partial charge in [-0.3, -0.25) is 0 Å². The summed E-state index contributed by atoms with van der Waals surface area (Å²) in [6, 6.07) is 2.20. The summed E-state index contributed by atoms with van der Waals surface area (Å²) >= 11 is 0. The van der Waals surface area contributed by atoms with Crippen LogP contribution < -0.4 is 4.72 Å². The zero-order valence-electron chi connectivity index (χ0n) is 10.7. The van der Waals surface area contributed by atoms with Crippen molar-refractivity contribution >= 4 is 10.0 Å². The van der Waals surface area contributed by atoms with E-state index < -0.39 is 39.2 Å². The lowest BCUT2D eigenvalue weighted by Crippen LogP contribution is -2.38. The summed E-state index contributed by atoms with van der Waals surface area (Å²) in [5.41, 5.74) is 0. The Morgan fingerprint density at radius 2 is 1.95 bits per heavy atom. The Hall–Kier alpha value is -1.05. The van der Waals surface area contributed by atoms with Gasteiger partial charge in [-0.05, 0) is 24.5 Å². The second kappa shape index (κ2) is 6.40. The second-order valence-corrected chi connectivity index (χ2v) is 6.36. The first-order valence-corrected chi connectivity index (χ1v) is 7.33. The monoisotopic (exact) mass is 293 g/mol. The summed E-state index contributed by atoms with van der Waals surface area (Å²) in [5, 5.41) is 9.11. The van der Waals surface area contributed by atoms with Crippen LogP contribution in [0.1, 0.15) is 20.3 Å². The van der Waals surface area contributed by atoms with Crippen LogP contribution in [0.5, 0.6) is 0 Å². The first-order chi connectivity index (χ1) is 8.77. The van der Waals surface area contributed by atoms with Crippen LogP contribution in [0.15, 0.2) is 23.1 Å². The molecule has 0 spiro atoms. The van der Waals surface area contributed by atoms with E-state index in [4.69, 9.17) is 5.11 Å². The molecule has 108 valence electrons. The van der Waals surface area contributed by atoms with E-state index in [1.54, 1.807) is 0 Å². The molecule has 0 amide bonds. The summed E-state index contributed by atoms with van der Waals surface area (Å²) in [5.74, 6) is -2.50. The van der Waals surface area contributed by atoms with E-state index in [-0.39, 0.29) is 5.92 Å². The highest BCUT2D eigenvalue weighted by molar-refractivity contribution is 7.89. The molecule has 0 bridgehead atoms. The molecule has 19 heavy (non-hydrogen) atoms. The number of hydrogen-bond acceptors (Lipinski definition) is 3. The Bertz CT molecular complexity index is 532. The molecule has 0 radical (unpaired) electrons. The zero-order chi connectivity index (χ0) is 14.6. The highest BCUT2D eigenvalue weighted by Gasteiger charge is 2.24. The largest absolute Gasteiger partial charge is 0.395 e. The van der Waals surface area contributed by atoms with E-state index in [2.05, 4.69) is 4.72 Å². The van der Waals surface area contributed by atoms with Gasteiger partial charge in [0.05, 0.1) is 6.61 Å². The van der Waals surface area contributed by atoms with Crippen LogP contribution in [0.2, 0.25) is 0 Å². The number of halogens is 2. The van der Waals surface area contributed by atoms with Gasteiger partial charge in [0.15, 0.2) is 11.6 Å². The van der Waals surface area contributed by atoms with Crippen LogP contribution in [-0.2, 0) is 10.0 Å². The minimum absolute atomic E-state index is 0.150. The fourth-order valence-electron chi connectivity index (χ4n) is 1.70. The molecule has 0 aliphatic heterocycles. The molecule has 7 heteroatoms. The molecule has 0 saturated carbocycles. The van der Waals surface area contributed by atoms with E-state index in [9.17, 15) is 17.2 Å². The van der Waals surface area contributed by atoms with Crippen LogP contribution in [0, 0.1) is 17.6 Å². The molecule has 1 unspecified atom stereocenters. The summed E-state index contributed by atoms with van der Waals surface area (Å²) < 4.78 is 52.5. The predicted molar refractivity (Wildman–Crippen MR) is 67.0 cm³/mol.